The lowest BCUT2D eigenvalue weighted by atomic mass is 9.33. The Labute approximate surface area is 486 Å². The van der Waals surface area contributed by atoms with Gasteiger partial charge in [-0.25, -0.2) is 0 Å². The zero-order valence-electron chi connectivity index (χ0n) is 48.6. The van der Waals surface area contributed by atoms with Crippen molar-refractivity contribution in [2.24, 2.45) is 0 Å². The van der Waals surface area contributed by atoms with Gasteiger partial charge in [0.15, 0.2) is 5.58 Å². The lowest BCUT2D eigenvalue weighted by molar-refractivity contribution is 0.195. The fraction of sp³-hybridized carbons (Fsp3) is 0.280. The van der Waals surface area contributed by atoms with Crippen molar-refractivity contribution in [2.75, 3.05) is 19.6 Å². The largest absolute Gasteiger partial charge is 0.454 e. The Morgan fingerprint density at radius 2 is 1.01 bits per heavy atom. The maximum absolute atomic E-state index is 7.09. The van der Waals surface area contributed by atoms with Gasteiger partial charge in [-0.1, -0.05) is 163 Å². The zero-order valence-corrected chi connectivity index (χ0v) is 49.4. The molecule has 0 amide bonds. The molecule has 0 radical (unpaired) electrons. The normalized spacial score (nSPS) is 23.3. The average Bonchev–Trinajstić information content (AvgIpc) is 2.18. The van der Waals surface area contributed by atoms with Gasteiger partial charge in [-0.15, -0.1) is 11.3 Å². The minimum Gasteiger partial charge on any atom is -0.454 e. The molecule has 2 saturated carbocycles. The van der Waals surface area contributed by atoms with Crippen LogP contribution in [0, 0.1) is 6.92 Å². The van der Waals surface area contributed by atoms with E-state index in [-0.39, 0.29) is 34.0 Å². The van der Waals surface area contributed by atoms with Crippen LogP contribution in [-0.2, 0) is 16.2 Å². The minimum atomic E-state index is -0.115. The molecule has 0 bridgehead atoms. The maximum Gasteiger partial charge on any atom is 0.252 e. The second-order valence-electron chi connectivity index (χ2n) is 27.1. The summed E-state index contributed by atoms with van der Waals surface area (Å²) in [6.45, 7) is 19.6. The van der Waals surface area contributed by atoms with Crippen molar-refractivity contribution in [3.05, 3.63) is 198 Å². The molecule has 2 aromatic heterocycles. The topological polar surface area (TPSA) is 26.1 Å². The molecule has 404 valence electrons. The summed E-state index contributed by atoms with van der Waals surface area (Å²) in [5, 5.41) is 4.88. The van der Waals surface area contributed by atoms with Gasteiger partial charge in [0.1, 0.15) is 5.58 Å². The summed E-state index contributed by atoms with van der Waals surface area (Å²) in [4.78, 5) is 10.8. The number of nitrogens with zero attached hydrogens (tertiary/aromatic N) is 4. The Morgan fingerprint density at radius 1 is 0.463 bits per heavy atom. The third-order valence-electron chi connectivity index (χ3n) is 21.9. The minimum absolute atomic E-state index is 0.00707. The zero-order chi connectivity index (χ0) is 55.4. The third kappa shape index (κ3) is 6.25. The number of rotatable bonds is 4. The van der Waals surface area contributed by atoms with Gasteiger partial charge in [-0.05, 0) is 163 Å². The standard InChI is InChI=1S/C75H69BN4OS/c1-46-41-64-68-65(42-46)78(61-28-20-24-53-51-22-10-14-30-67(51)82-70(53)61)63-45-49(80-59-36-31-47(71(2,3)4)43-55(59)73(6)38-16-18-40-75(73,80)8)33-35-57(63)76(68)56-34-32-48(79-58-26-12-11-25-54(58)72(5)37-15-17-39-74(72,79)7)44-62(56)77(64)60-27-19-23-52-50-21-9-13-29-66(50)81-69(52)60/h9-14,19-36,41-45H,15-18,37-40H2,1-8H3. The summed E-state index contributed by atoms with van der Waals surface area (Å²) in [7, 11) is 0. The van der Waals surface area contributed by atoms with Crippen molar-refractivity contribution in [3.8, 4) is 0 Å². The van der Waals surface area contributed by atoms with E-state index in [9.17, 15) is 0 Å². The van der Waals surface area contributed by atoms with Crippen LogP contribution in [0.15, 0.2) is 180 Å². The molecule has 11 aromatic rings. The Kier molecular flexibility index (Phi) is 9.98. The summed E-state index contributed by atoms with van der Waals surface area (Å²) in [5.74, 6) is 0. The van der Waals surface area contributed by atoms with Crippen molar-refractivity contribution in [1.29, 1.82) is 0 Å². The SMILES string of the molecule is Cc1cc2c3c(c1)N(c1cccc4c1sc1ccccc14)c1cc(N4c5ccc(C(C)(C)C)cc5C5(C)CCCCC45C)ccc1B3c1ccc(N3c4ccccc4C4(C)CCCCC34C)cc1N2c1cccc2c1oc1ccccc12. The Morgan fingerprint density at radius 3 is 1.71 bits per heavy atom. The summed E-state index contributed by atoms with van der Waals surface area (Å²) >= 11 is 1.92. The van der Waals surface area contributed by atoms with Gasteiger partial charge in [0.25, 0.3) is 6.71 Å². The summed E-state index contributed by atoms with van der Waals surface area (Å²) in [6.07, 6.45) is 9.60. The van der Waals surface area contributed by atoms with Crippen LogP contribution in [0.3, 0.4) is 0 Å². The lowest BCUT2D eigenvalue weighted by Crippen LogP contribution is -2.61. The molecule has 9 aromatic carbocycles. The molecule has 17 rings (SSSR count). The van der Waals surface area contributed by atoms with Gasteiger partial charge in [0, 0.05) is 82.6 Å². The van der Waals surface area contributed by atoms with Crippen molar-refractivity contribution in [3.63, 3.8) is 0 Å². The first kappa shape index (κ1) is 48.9. The van der Waals surface area contributed by atoms with E-state index in [1.54, 1.807) is 0 Å². The first-order chi connectivity index (χ1) is 39.7. The number of furan rings is 1. The molecule has 7 heteroatoms. The number of benzene rings is 9. The molecule has 0 saturated heterocycles. The Hall–Kier alpha value is -7.74. The van der Waals surface area contributed by atoms with Crippen LogP contribution in [0.25, 0.3) is 42.1 Å². The second kappa shape index (κ2) is 16.7. The summed E-state index contributed by atoms with van der Waals surface area (Å²) < 4.78 is 9.71. The van der Waals surface area contributed by atoms with E-state index in [4.69, 9.17) is 4.42 Å². The summed E-state index contributed by atoms with van der Waals surface area (Å²) in [6, 6.07) is 68.4. The van der Waals surface area contributed by atoms with E-state index >= 15 is 0 Å². The molecule has 6 heterocycles. The number of hydrogen-bond donors (Lipinski definition) is 0. The van der Waals surface area contributed by atoms with Crippen LogP contribution in [-0.4, -0.2) is 17.8 Å². The predicted molar refractivity (Wildman–Crippen MR) is 350 cm³/mol. The third-order valence-corrected chi connectivity index (χ3v) is 23.1. The molecular weight excluding hydrogens is 1020 g/mol. The molecule has 0 spiro atoms. The van der Waals surface area contributed by atoms with Crippen molar-refractivity contribution >= 4 is 133 Å². The smallest absolute Gasteiger partial charge is 0.252 e. The van der Waals surface area contributed by atoms with Crippen LogP contribution >= 0.6 is 11.3 Å². The fourth-order valence-corrected chi connectivity index (χ4v) is 18.6. The van der Waals surface area contributed by atoms with Crippen molar-refractivity contribution in [1.82, 2.24) is 0 Å². The van der Waals surface area contributed by atoms with Gasteiger partial charge in [-0.2, -0.15) is 0 Å². The van der Waals surface area contributed by atoms with E-state index < -0.39 is 0 Å². The van der Waals surface area contributed by atoms with Crippen LogP contribution < -0.4 is 36.0 Å². The molecule has 5 nitrogen and oxygen atoms in total. The molecule has 4 aliphatic heterocycles. The van der Waals surface area contributed by atoms with E-state index in [1.165, 1.54) is 149 Å². The highest BCUT2D eigenvalue weighted by molar-refractivity contribution is 7.26. The second-order valence-corrected chi connectivity index (χ2v) is 28.2. The first-order valence-electron chi connectivity index (χ1n) is 30.4. The quantitative estimate of drug-likeness (QED) is 0.164. The number of thiophene rings is 1. The Balaban J connectivity index is 0.955. The molecule has 2 fully saturated rings. The maximum atomic E-state index is 7.09. The molecule has 2 aliphatic carbocycles. The molecule has 4 unspecified atom stereocenters. The van der Waals surface area contributed by atoms with Crippen molar-refractivity contribution < 1.29 is 4.42 Å². The van der Waals surface area contributed by atoms with Gasteiger partial charge in [-0.3, -0.25) is 0 Å². The number of aryl methyl sites for hydroxylation is 1. The molecule has 82 heavy (non-hydrogen) atoms. The van der Waals surface area contributed by atoms with Gasteiger partial charge < -0.3 is 24.0 Å². The van der Waals surface area contributed by atoms with Crippen LogP contribution in [0.5, 0.6) is 0 Å². The van der Waals surface area contributed by atoms with Gasteiger partial charge >= 0.3 is 0 Å². The average molecular weight is 1090 g/mol. The number of para-hydroxylation sites is 3. The lowest BCUT2D eigenvalue weighted by Gasteiger charge is -2.51. The van der Waals surface area contributed by atoms with E-state index in [2.05, 4.69) is 251 Å². The Bertz CT molecular complexity index is 4560. The molecule has 4 atom stereocenters. The van der Waals surface area contributed by atoms with Crippen LogP contribution in [0.1, 0.15) is 122 Å². The highest BCUT2D eigenvalue weighted by Crippen LogP contribution is 2.64. The number of anilines is 10. The van der Waals surface area contributed by atoms with Gasteiger partial charge in [0.05, 0.1) is 27.2 Å². The monoisotopic (exact) mass is 1080 g/mol. The van der Waals surface area contributed by atoms with E-state index in [0.717, 1.165) is 40.5 Å². The number of fused-ring (bicyclic) bond motifs is 16. The van der Waals surface area contributed by atoms with Crippen LogP contribution in [0.2, 0.25) is 0 Å². The predicted octanol–water partition coefficient (Wildman–Crippen LogP) is 19.1. The van der Waals surface area contributed by atoms with Crippen molar-refractivity contribution in [2.45, 2.75) is 134 Å². The van der Waals surface area contributed by atoms with E-state index in [0.29, 0.717) is 0 Å². The molecule has 0 N–H and O–H groups in total. The summed E-state index contributed by atoms with van der Waals surface area (Å²) in [5.41, 5.74) is 23.6. The van der Waals surface area contributed by atoms with Crippen LogP contribution in [0.4, 0.5) is 56.9 Å². The number of hydrogen-bond acceptors (Lipinski definition) is 6. The molecular formula is C75H69BN4OS. The van der Waals surface area contributed by atoms with Gasteiger partial charge in [0.2, 0.25) is 0 Å². The fourth-order valence-electron chi connectivity index (χ4n) is 17.4. The highest BCUT2D eigenvalue weighted by atomic mass is 32.1. The highest BCUT2D eigenvalue weighted by Gasteiger charge is 2.60. The first-order valence-corrected chi connectivity index (χ1v) is 31.2. The molecule has 6 aliphatic rings. The van der Waals surface area contributed by atoms with E-state index in [1.807, 2.05) is 11.3 Å².